The Kier molecular flexibility index (Phi) is 4.24. The molecule has 4 aliphatic heterocycles. The topological polar surface area (TPSA) is 33.7 Å². The maximum absolute atomic E-state index is 6.18. The third-order valence-electron chi connectivity index (χ3n) is 4.88. The molecule has 2 atom stereocenters. The summed E-state index contributed by atoms with van der Waals surface area (Å²) in [5, 5.41) is 3.62. The highest BCUT2D eigenvalue weighted by molar-refractivity contribution is 5.22. The molecule has 1 N–H and O–H groups in total. The number of piperazine rings is 1. The highest BCUT2D eigenvalue weighted by atomic mass is 16.6. The van der Waals surface area contributed by atoms with Crippen molar-refractivity contribution in [1.29, 1.82) is 0 Å². The number of rotatable bonds is 3. The zero-order chi connectivity index (χ0) is 15.5. The summed E-state index contributed by atoms with van der Waals surface area (Å²) in [6.07, 6.45) is 19.8. The summed E-state index contributed by atoms with van der Waals surface area (Å²) >= 11 is 0. The highest BCUT2D eigenvalue weighted by Gasteiger charge is 2.31. The van der Waals surface area contributed by atoms with E-state index < -0.39 is 0 Å². The number of hydrogen-bond acceptors (Lipinski definition) is 4. The first-order valence-electron chi connectivity index (χ1n) is 8.60. The number of nitrogens with one attached hydrogen (secondary N) is 1. The van der Waals surface area contributed by atoms with Crippen molar-refractivity contribution in [2.75, 3.05) is 13.1 Å². The Balaban J connectivity index is 1.43. The molecule has 23 heavy (non-hydrogen) atoms. The molecule has 5 rings (SSSR count). The van der Waals surface area contributed by atoms with Crippen LogP contribution in [-0.4, -0.2) is 30.1 Å². The maximum Gasteiger partial charge on any atom is 0.231 e. The first kappa shape index (κ1) is 14.6. The van der Waals surface area contributed by atoms with Crippen LogP contribution in [0, 0.1) is 0 Å². The minimum Gasteiger partial charge on any atom is -0.464 e. The lowest BCUT2D eigenvalue weighted by molar-refractivity contribution is 0.0620. The van der Waals surface area contributed by atoms with Crippen LogP contribution in [0.1, 0.15) is 32.1 Å². The van der Waals surface area contributed by atoms with E-state index in [2.05, 4.69) is 40.6 Å². The maximum atomic E-state index is 6.18. The van der Waals surface area contributed by atoms with Gasteiger partial charge in [0.1, 0.15) is 12.0 Å². The summed E-state index contributed by atoms with van der Waals surface area (Å²) in [7, 11) is 0. The molecular weight excluding hydrogens is 288 g/mol. The van der Waals surface area contributed by atoms with Crippen LogP contribution in [0.3, 0.4) is 0 Å². The van der Waals surface area contributed by atoms with E-state index in [0.717, 1.165) is 56.8 Å². The summed E-state index contributed by atoms with van der Waals surface area (Å²) in [5.74, 6) is 1.77. The first-order chi connectivity index (χ1) is 11.4. The van der Waals surface area contributed by atoms with Gasteiger partial charge in [-0.2, -0.15) is 0 Å². The van der Waals surface area contributed by atoms with Crippen molar-refractivity contribution in [3.63, 3.8) is 0 Å². The van der Waals surface area contributed by atoms with Gasteiger partial charge in [0.15, 0.2) is 6.26 Å². The molecule has 1 saturated heterocycles. The second-order valence-corrected chi connectivity index (χ2v) is 6.60. The molecule has 1 aliphatic carbocycles. The van der Waals surface area contributed by atoms with Crippen LogP contribution in [0.15, 0.2) is 60.1 Å². The lowest BCUT2D eigenvalue weighted by atomic mass is 10.00. The Bertz CT molecular complexity index is 600. The summed E-state index contributed by atoms with van der Waals surface area (Å²) in [5.41, 5.74) is 1.40. The largest absolute Gasteiger partial charge is 0.464 e. The Morgan fingerprint density at radius 3 is 3.04 bits per heavy atom. The van der Waals surface area contributed by atoms with Gasteiger partial charge in [-0.15, -0.1) is 0 Å². The molecule has 0 radical (unpaired) electrons. The molecule has 2 unspecified atom stereocenters. The molecule has 0 saturated carbocycles. The van der Waals surface area contributed by atoms with Gasteiger partial charge in [0.2, 0.25) is 5.88 Å². The second-order valence-electron chi connectivity index (χ2n) is 6.60. The van der Waals surface area contributed by atoms with E-state index in [1.54, 1.807) is 12.5 Å². The molecule has 0 aromatic heterocycles. The van der Waals surface area contributed by atoms with Crippen molar-refractivity contribution in [3.05, 3.63) is 60.1 Å². The molecule has 5 aliphatic rings. The fourth-order valence-corrected chi connectivity index (χ4v) is 3.59. The standard InChI is InChI=1S/C19H24N2O2/c1-2-6-15(7-3-1)10-18-13-22-14-19(23-18)21-12-16-8-4-5-9-17(21)11-20-16/h1-2,4-6,13-14,16-17,20H,3,7-12H2. The zero-order valence-electron chi connectivity index (χ0n) is 13.4. The normalized spacial score (nSPS) is 29.7. The van der Waals surface area contributed by atoms with E-state index in [0.29, 0.717) is 12.1 Å². The quantitative estimate of drug-likeness (QED) is 0.811. The molecule has 0 amide bonds. The molecule has 1 fully saturated rings. The minimum atomic E-state index is 0.439. The van der Waals surface area contributed by atoms with E-state index in [1.165, 1.54) is 5.57 Å². The monoisotopic (exact) mass is 312 g/mol. The fourth-order valence-electron chi connectivity index (χ4n) is 3.59. The van der Waals surface area contributed by atoms with E-state index in [4.69, 9.17) is 9.47 Å². The van der Waals surface area contributed by atoms with Crippen LogP contribution in [0.25, 0.3) is 0 Å². The van der Waals surface area contributed by atoms with Crippen molar-refractivity contribution < 1.29 is 9.47 Å². The molecule has 0 spiro atoms. The Hall–Kier alpha value is -1.94. The highest BCUT2D eigenvalue weighted by Crippen LogP contribution is 2.29. The lowest BCUT2D eigenvalue weighted by Crippen LogP contribution is -2.56. The van der Waals surface area contributed by atoms with Gasteiger partial charge in [-0.1, -0.05) is 36.0 Å². The van der Waals surface area contributed by atoms with Gasteiger partial charge in [0.25, 0.3) is 0 Å². The van der Waals surface area contributed by atoms with Crippen LogP contribution in [-0.2, 0) is 9.47 Å². The predicted octanol–water partition coefficient (Wildman–Crippen LogP) is 3.33. The van der Waals surface area contributed by atoms with Gasteiger partial charge in [-0.05, 0) is 25.7 Å². The molecule has 4 heteroatoms. The predicted molar refractivity (Wildman–Crippen MR) is 90.1 cm³/mol. The third-order valence-corrected chi connectivity index (χ3v) is 4.88. The van der Waals surface area contributed by atoms with Crippen molar-refractivity contribution >= 4 is 0 Å². The average molecular weight is 312 g/mol. The van der Waals surface area contributed by atoms with Gasteiger partial charge < -0.3 is 19.7 Å². The van der Waals surface area contributed by atoms with Gasteiger partial charge in [0.05, 0.1) is 0 Å². The third kappa shape index (κ3) is 3.37. The average Bonchev–Trinajstić information content (AvgIpc) is 2.56. The first-order valence-corrected chi connectivity index (χ1v) is 8.60. The Labute approximate surface area is 137 Å². The molecule has 4 nitrogen and oxygen atoms in total. The molecule has 0 aromatic carbocycles. The molecule has 122 valence electrons. The number of hydrogen-bond donors (Lipinski definition) is 1. The van der Waals surface area contributed by atoms with Gasteiger partial charge in [-0.3, -0.25) is 0 Å². The van der Waals surface area contributed by atoms with Crippen LogP contribution >= 0.6 is 0 Å². The molecular formula is C19H24N2O2. The summed E-state index contributed by atoms with van der Waals surface area (Å²) in [6, 6.07) is 0.932. The van der Waals surface area contributed by atoms with Crippen LogP contribution in [0.4, 0.5) is 0 Å². The number of ether oxygens (including phenoxy) is 2. The van der Waals surface area contributed by atoms with Crippen molar-refractivity contribution in [2.24, 2.45) is 0 Å². The van der Waals surface area contributed by atoms with E-state index in [9.17, 15) is 0 Å². The fraction of sp³-hybridized carbons (Fsp3) is 0.474. The SMILES string of the molecule is C1=CCCC(CC2=COC=C(N3CC4CC=CCC3CN4)O2)=C1. The summed E-state index contributed by atoms with van der Waals surface area (Å²) in [4.78, 5) is 2.37. The van der Waals surface area contributed by atoms with Crippen molar-refractivity contribution in [1.82, 2.24) is 10.2 Å². The minimum absolute atomic E-state index is 0.439. The zero-order valence-corrected chi connectivity index (χ0v) is 13.4. The van der Waals surface area contributed by atoms with Gasteiger partial charge in [0, 0.05) is 31.6 Å². The summed E-state index contributed by atoms with van der Waals surface area (Å²) < 4.78 is 11.8. The number of nitrogens with zero attached hydrogens (tertiary/aromatic N) is 1. The molecule has 4 heterocycles. The second kappa shape index (κ2) is 6.67. The van der Waals surface area contributed by atoms with Crippen molar-refractivity contribution in [3.8, 4) is 0 Å². The van der Waals surface area contributed by atoms with Crippen LogP contribution in [0.2, 0.25) is 0 Å². The Morgan fingerprint density at radius 1 is 1.17 bits per heavy atom. The number of allylic oxidation sites excluding steroid dienone is 4. The van der Waals surface area contributed by atoms with Crippen molar-refractivity contribution in [2.45, 2.75) is 44.2 Å². The lowest BCUT2D eigenvalue weighted by Gasteiger charge is -2.43. The van der Waals surface area contributed by atoms with Crippen LogP contribution < -0.4 is 5.32 Å². The number of fused-ring (bicyclic) bond motifs is 4. The van der Waals surface area contributed by atoms with Gasteiger partial charge in [-0.25, -0.2) is 0 Å². The van der Waals surface area contributed by atoms with E-state index in [1.807, 2.05) is 0 Å². The summed E-state index contributed by atoms with van der Waals surface area (Å²) in [6.45, 7) is 1.98. The molecule has 0 aromatic rings. The smallest absolute Gasteiger partial charge is 0.231 e. The Morgan fingerprint density at radius 2 is 2.13 bits per heavy atom. The van der Waals surface area contributed by atoms with E-state index in [-0.39, 0.29) is 0 Å². The van der Waals surface area contributed by atoms with Crippen LogP contribution in [0.5, 0.6) is 0 Å². The van der Waals surface area contributed by atoms with Gasteiger partial charge >= 0.3 is 0 Å². The van der Waals surface area contributed by atoms with E-state index >= 15 is 0 Å². The molecule has 2 bridgehead atoms.